The Morgan fingerprint density at radius 1 is 1.12 bits per heavy atom. The molecule has 0 radical (unpaired) electrons. The Hall–Kier alpha value is -0.160. The van der Waals surface area contributed by atoms with E-state index >= 15 is 0 Å². The highest BCUT2D eigenvalue weighted by Gasteiger charge is 2.31. The van der Waals surface area contributed by atoms with Crippen molar-refractivity contribution in [3.63, 3.8) is 0 Å². The fourth-order valence-electron chi connectivity index (χ4n) is 4.17. The maximum atomic E-state index is 10.4. The largest absolute Gasteiger partial charge is 0.389 e. The molecule has 1 aliphatic heterocycles. The summed E-state index contributed by atoms with van der Waals surface area (Å²) < 4.78 is 6.20. The van der Waals surface area contributed by atoms with Crippen LogP contribution in [-0.2, 0) is 4.74 Å². The van der Waals surface area contributed by atoms with E-state index in [4.69, 9.17) is 4.74 Å². The molecule has 1 saturated heterocycles. The minimum absolute atomic E-state index is 0. The third-order valence-corrected chi connectivity index (χ3v) is 5.75. The molecule has 1 N–H and O–H groups in total. The van der Waals surface area contributed by atoms with Gasteiger partial charge in [-0.05, 0) is 57.2 Å². The molecular weight excluding hydrogens is 300 g/mol. The van der Waals surface area contributed by atoms with Crippen LogP contribution in [0.2, 0.25) is 0 Å². The van der Waals surface area contributed by atoms with Crippen molar-refractivity contribution in [1.29, 1.82) is 0 Å². The summed E-state index contributed by atoms with van der Waals surface area (Å²) in [6.45, 7) is 12.6. The summed E-state index contributed by atoms with van der Waals surface area (Å²) in [5.41, 5.74) is 0. The SMILES string of the molecule is C.CC1CCC(C(C)C)C(OCC(O)CN2CCCN(C)CC2)C1. The van der Waals surface area contributed by atoms with E-state index in [0.29, 0.717) is 24.5 Å². The first kappa shape index (κ1) is 21.9. The lowest BCUT2D eigenvalue weighted by Gasteiger charge is -2.37. The molecule has 0 aromatic carbocycles. The molecule has 2 aliphatic rings. The summed E-state index contributed by atoms with van der Waals surface area (Å²) >= 11 is 0. The van der Waals surface area contributed by atoms with Crippen molar-refractivity contribution in [2.24, 2.45) is 17.8 Å². The minimum atomic E-state index is -0.358. The second kappa shape index (κ2) is 10.7. The van der Waals surface area contributed by atoms with Crippen LogP contribution in [0.25, 0.3) is 0 Å². The van der Waals surface area contributed by atoms with Gasteiger partial charge in [0.1, 0.15) is 0 Å². The molecule has 2 rings (SSSR count). The molecule has 2 fully saturated rings. The van der Waals surface area contributed by atoms with Gasteiger partial charge in [-0.3, -0.25) is 4.90 Å². The van der Waals surface area contributed by atoms with Crippen LogP contribution in [0, 0.1) is 17.8 Å². The molecule has 4 nitrogen and oxygen atoms in total. The molecule has 0 aromatic rings. The lowest BCUT2D eigenvalue weighted by molar-refractivity contribution is -0.0737. The Morgan fingerprint density at radius 3 is 2.58 bits per heavy atom. The minimum Gasteiger partial charge on any atom is -0.389 e. The van der Waals surface area contributed by atoms with Crippen LogP contribution >= 0.6 is 0 Å². The number of likely N-dealkylation sites (N-methyl/N-ethyl adjacent to an activating group) is 1. The quantitative estimate of drug-likeness (QED) is 0.805. The third-order valence-electron chi connectivity index (χ3n) is 5.75. The Labute approximate surface area is 150 Å². The normalized spacial score (nSPS) is 31.5. The van der Waals surface area contributed by atoms with Gasteiger partial charge in [0.25, 0.3) is 0 Å². The zero-order valence-corrected chi connectivity index (χ0v) is 15.7. The number of aliphatic hydroxyl groups excluding tert-OH is 1. The summed E-state index contributed by atoms with van der Waals surface area (Å²) in [5, 5.41) is 10.4. The van der Waals surface area contributed by atoms with Crippen LogP contribution in [0.1, 0.15) is 53.9 Å². The van der Waals surface area contributed by atoms with E-state index in [1.807, 2.05) is 0 Å². The van der Waals surface area contributed by atoms with Crippen molar-refractivity contribution < 1.29 is 9.84 Å². The van der Waals surface area contributed by atoms with Crippen LogP contribution in [0.15, 0.2) is 0 Å². The zero-order valence-electron chi connectivity index (χ0n) is 15.7. The van der Waals surface area contributed by atoms with Gasteiger partial charge in [-0.25, -0.2) is 0 Å². The monoisotopic (exact) mass is 342 g/mol. The van der Waals surface area contributed by atoms with Crippen molar-refractivity contribution in [2.45, 2.75) is 66.1 Å². The Kier molecular flexibility index (Phi) is 9.80. The van der Waals surface area contributed by atoms with Crippen LogP contribution in [0.3, 0.4) is 0 Å². The highest BCUT2D eigenvalue weighted by Crippen LogP contribution is 2.35. The molecule has 144 valence electrons. The lowest BCUT2D eigenvalue weighted by atomic mass is 9.75. The molecule has 1 saturated carbocycles. The van der Waals surface area contributed by atoms with E-state index in [-0.39, 0.29) is 13.5 Å². The van der Waals surface area contributed by atoms with Crippen molar-refractivity contribution in [2.75, 3.05) is 46.4 Å². The lowest BCUT2D eigenvalue weighted by Crippen LogP contribution is -2.40. The predicted octanol–water partition coefficient (Wildman–Crippen LogP) is 3.10. The first-order valence-corrected chi connectivity index (χ1v) is 9.66. The second-order valence-electron chi connectivity index (χ2n) is 8.31. The molecular formula is C20H42N2O2. The fraction of sp³-hybridized carbons (Fsp3) is 1.00. The molecule has 0 aromatic heterocycles. The van der Waals surface area contributed by atoms with Crippen molar-refractivity contribution in [1.82, 2.24) is 9.80 Å². The Morgan fingerprint density at radius 2 is 1.88 bits per heavy atom. The molecule has 0 amide bonds. The molecule has 4 unspecified atom stereocenters. The smallest absolute Gasteiger partial charge is 0.0900 e. The molecule has 0 spiro atoms. The summed E-state index contributed by atoms with van der Waals surface area (Å²) in [7, 11) is 2.18. The van der Waals surface area contributed by atoms with Crippen LogP contribution in [0.4, 0.5) is 0 Å². The summed E-state index contributed by atoms with van der Waals surface area (Å²) in [6, 6.07) is 0. The third kappa shape index (κ3) is 6.99. The van der Waals surface area contributed by atoms with E-state index in [0.717, 1.165) is 38.5 Å². The van der Waals surface area contributed by atoms with Crippen LogP contribution < -0.4 is 0 Å². The number of rotatable bonds is 6. The number of hydrogen-bond donors (Lipinski definition) is 1. The average Bonchev–Trinajstić information content (AvgIpc) is 2.69. The number of β-amino-alcohol motifs (C(OH)–C–C–N with tert-alkyl or cyclic N) is 1. The van der Waals surface area contributed by atoms with E-state index in [9.17, 15) is 5.11 Å². The highest BCUT2D eigenvalue weighted by atomic mass is 16.5. The number of hydrogen-bond acceptors (Lipinski definition) is 4. The topological polar surface area (TPSA) is 35.9 Å². The standard InChI is InChI=1S/C19H38N2O2.CH4/c1-15(2)18-7-6-16(3)12-19(18)23-14-17(22)13-21-9-5-8-20(4)10-11-21;/h15-19,22H,5-14H2,1-4H3;1H4. The highest BCUT2D eigenvalue weighted by molar-refractivity contribution is 4.82. The summed E-state index contributed by atoms with van der Waals surface area (Å²) in [6.07, 6.45) is 4.93. The molecule has 1 aliphatic carbocycles. The summed E-state index contributed by atoms with van der Waals surface area (Å²) in [5.74, 6) is 2.09. The zero-order chi connectivity index (χ0) is 16.8. The predicted molar refractivity (Wildman–Crippen MR) is 102 cm³/mol. The van der Waals surface area contributed by atoms with Crippen LogP contribution in [-0.4, -0.2) is 73.5 Å². The van der Waals surface area contributed by atoms with E-state index in [1.54, 1.807) is 0 Å². The first-order valence-electron chi connectivity index (χ1n) is 9.66. The Bertz CT molecular complexity index is 338. The molecule has 24 heavy (non-hydrogen) atoms. The molecule has 1 heterocycles. The molecule has 4 atom stereocenters. The van der Waals surface area contributed by atoms with Gasteiger partial charge in [0.15, 0.2) is 0 Å². The number of ether oxygens (including phenoxy) is 1. The van der Waals surface area contributed by atoms with Gasteiger partial charge in [-0.1, -0.05) is 34.6 Å². The number of nitrogens with zero attached hydrogens (tertiary/aromatic N) is 2. The van der Waals surface area contributed by atoms with Gasteiger partial charge in [0, 0.05) is 19.6 Å². The van der Waals surface area contributed by atoms with E-state index in [2.05, 4.69) is 37.6 Å². The molecule has 4 heteroatoms. The maximum Gasteiger partial charge on any atom is 0.0900 e. The summed E-state index contributed by atoms with van der Waals surface area (Å²) in [4.78, 5) is 4.76. The van der Waals surface area contributed by atoms with Gasteiger partial charge < -0.3 is 14.7 Å². The fourth-order valence-corrected chi connectivity index (χ4v) is 4.17. The van der Waals surface area contributed by atoms with Gasteiger partial charge in [0.2, 0.25) is 0 Å². The van der Waals surface area contributed by atoms with Gasteiger partial charge in [0.05, 0.1) is 18.8 Å². The van der Waals surface area contributed by atoms with Crippen LogP contribution in [0.5, 0.6) is 0 Å². The van der Waals surface area contributed by atoms with E-state index in [1.165, 1.54) is 25.8 Å². The first-order chi connectivity index (χ1) is 11.0. The Balaban J connectivity index is 0.00000288. The van der Waals surface area contributed by atoms with Gasteiger partial charge >= 0.3 is 0 Å². The van der Waals surface area contributed by atoms with Crippen molar-refractivity contribution >= 4 is 0 Å². The van der Waals surface area contributed by atoms with Gasteiger partial charge in [-0.2, -0.15) is 0 Å². The van der Waals surface area contributed by atoms with Crippen molar-refractivity contribution in [3.05, 3.63) is 0 Å². The second-order valence-corrected chi connectivity index (χ2v) is 8.31. The van der Waals surface area contributed by atoms with E-state index < -0.39 is 0 Å². The van der Waals surface area contributed by atoms with Crippen molar-refractivity contribution in [3.8, 4) is 0 Å². The molecule has 0 bridgehead atoms. The van der Waals surface area contributed by atoms with Gasteiger partial charge in [-0.15, -0.1) is 0 Å². The number of aliphatic hydroxyl groups is 1. The average molecular weight is 343 g/mol. The maximum absolute atomic E-state index is 10.4.